The number of aliphatic imine (C=N–C) groups is 1. The molecule has 0 aliphatic carbocycles. The highest BCUT2D eigenvalue weighted by Crippen LogP contribution is 2.13. The molecule has 0 unspecified atom stereocenters. The zero-order chi connectivity index (χ0) is 10.4. The monoisotopic (exact) mass is 214 g/mol. The van der Waals surface area contributed by atoms with E-state index in [0.29, 0.717) is 13.2 Å². The molecule has 0 aromatic rings. The highest BCUT2D eigenvalue weighted by Gasteiger charge is 2.23. The Morgan fingerprint density at radius 3 is 3.21 bits per heavy atom. The first-order valence-electron chi connectivity index (χ1n) is 4.76. The van der Waals surface area contributed by atoms with Crippen molar-refractivity contribution in [2.24, 2.45) is 4.99 Å². The van der Waals surface area contributed by atoms with Gasteiger partial charge >= 0.3 is 6.09 Å². The number of likely N-dealkylation sites (tertiary alicyclic amines) is 1. The first kappa shape index (κ1) is 11.1. The maximum absolute atomic E-state index is 11.4. The predicted molar refractivity (Wildman–Crippen MR) is 56.6 cm³/mol. The third kappa shape index (κ3) is 3.09. The van der Waals surface area contributed by atoms with E-state index < -0.39 is 0 Å². The van der Waals surface area contributed by atoms with E-state index in [-0.39, 0.29) is 12.1 Å². The number of piperidine rings is 1. The Hall–Kier alpha value is -0.930. The smallest absolute Gasteiger partial charge is 0.409 e. The zero-order valence-electron chi connectivity index (χ0n) is 8.23. The normalized spacial score (nSPS) is 21.2. The van der Waals surface area contributed by atoms with Crippen LogP contribution in [0.2, 0.25) is 0 Å². The molecule has 1 fully saturated rings. The van der Waals surface area contributed by atoms with E-state index in [1.807, 2.05) is 0 Å². The molecule has 0 N–H and O–H groups in total. The summed E-state index contributed by atoms with van der Waals surface area (Å²) in [6, 6.07) is 0.102. The Labute approximate surface area is 88.9 Å². The molecule has 0 spiro atoms. The second-order valence-electron chi connectivity index (χ2n) is 3.16. The van der Waals surface area contributed by atoms with Crippen molar-refractivity contribution in [3.63, 3.8) is 0 Å². The van der Waals surface area contributed by atoms with E-state index >= 15 is 0 Å². The van der Waals surface area contributed by atoms with E-state index in [9.17, 15) is 4.79 Å². The van der Waals surface area contributed by atoms with Gasteiger partial charge in [0.05, 0.1) is 17.8 Å². The minimum Gasteiger partial charge on any atom is -0.450 e. The number of thiocarbonyl (C=S) groups is 1. The maximum Gasteiger partial charge on any atom is 0.409 e. The lowest BCUT2D eigenvalue weighted by atomic mass is 10.1. The number of hydrogen-bond acceptors (Lipinski definition) is 4. The predicted octanol–water partition coefficient (Wildman–Crippen LogP) is 1.71. The summed E-state index contributed by atoms with van der Waals surface area (Å²) in [6.45, 7) is 3.57. The molecule has 0 radical (unpaired) electrons. The molecule has 78 valence electrons. The molecule has 1 atom stereocenters. The summed E-state index contributed by atoms with van der Waals surface area (Å²) in [5.74, 6) is 0. The van der Waals surface area contributed by atoms with Crippen LogP contribution < -0.4 is 0 Å². The van der Waals surface area contributed by atoms with Crippen LogP contribution in [-0.2, 0) is 4.74 Å². The Bertz CT molecular complexity index is 251. The van der Waals surface area contributed by atoms with E-state index in [2.05, 4.69) is 22.4 Å². The fourth-order valence-electron chi connectivity index (χ4n) is 1.52. The minimum absolute atomic E-state index is 0.102. The molecule has 1 saturated heterocycles. The lowest BCUT2D eigenvalue weighted by Gasteiger charge is -2.29. The van der Waals surface area contributed by atoms with Crippen LogP contribution in [0.3, 0.4) is 0 Å². The van der Waals surface area contributed by atoms with Gasteiger partial charge in [-0.3, -0.25) is 0 Å². The van der Waals surface area contributed by atoms with Crippen LogP contribution in [-0.4, -0.2) is 41.9 Å². The number of carbonyl (C=O) groups is 1. The molecule has 1 aliphatic rings. The summed E-state index contributed by atoms with van der Waals surface area (Å²) in [4.78, 5) is 17.0. The molecular formula is C9H14N2O2S. The molecule has 0 aromatic heterocycles. The Morgan fingerprint density at radius 1 is 1.79 bits per heavy atom. The molecule has 14 heavy (non-hydrogen) atoms. The highest BCUT2D eigenvalue weighted by molar-refractivity contribution is 7.78. The van der Waals surface area contributed by atoms with Gasteiger partial charge in [-0.1, -0.05) is 0 Å². The molecule has 1 amide bonds. The van der Waals surface area contributed by atoms with E-state index in [1.165, 1.54) is 0 Å². The van der Waals surface area contributed by atoms with Crippen LogP contribution in [0.25, 0.3) is 0 Å². The standard InChI is InChI=1S/C9H14N2O2S/c1-2-13-9(12)11-5-3-4-8(6-11)10-7-14/h8H,2-6H2,1H3/t8-/m0/s1. The van der Waals surface area contributed by atoms with Crippen molar-refractivity contribution in [3.8, 4) is 0 Å². The molecule has 0 saturated carbocycles. The highest BCUT2D eigenvalue weighted by atomic mass is 32.1. The zero-order valence-corrected chi connectivity index (χ0v) is 9.05. The van der Waals surface area contributed by atoms with Gasteiger partial charge in [0.25, 0.3) is 0 Å². The quantitative estimate of drug-likeness (QED) is 0.519. The van der Waals surface area contributed by atoms with E-state index in [1.54, 1.807) is 11.8 Å². The molecule has 5 heteroatoms. The lowest BCUT2D eigenvalue weighted by Crippen LogP contribution is -2.41. The number of isothiocyanates is 1. The van der Waals surface area contributed by atoms with Crippen molar-refractivity contribution < 1.29 is 9.53 Å². The van der Waals surface area contributed by atoms with Gasteiger partial charge in [0.1, 0.15) is 0 Å². The second-order valence-corrected chi connectivity index (χ2v) is 3.34. The Morgan fingerprint density at radius 2 is 2.57 bits per heavy atom. The lowest BCUT2D eigenvalue weighted by molar-refractivity contribution is 0.0964. The van der Waals surface area contributed by atoms with Gasteiger partial charge in [-0.15, -0.1) is 0 Å². The number of amides is 1. The van der Waals surface area contributed by atoms with Crippen molar-refractivity contribution in [3.05, 3.63) is 0 Å². The molecule has 1 aliphatic heterocycles. The van der Waals surface area contributed by atoms with Crippen LogP contribution in [0.15, 0.2) is 4.99 Å². The van der Waals surface area contributed by atoms with Crippen molar-refractivity contribution in [2.75, 3.05) is 19.7 Å². The molecule has 0 bridgehead atoms. The van der Waals surface area contributed by atoms with Gasteiger partial charge in [-0.25, -0.2) is 9.79 Å². The van der Waals surface area contributed by atoms with Crippen molar-refractivity contribution in [1.29, 1.82) is 0 Å². The third-order valence-corrected chi connectivity index (χ3v) is 2.26. The van der Waals surface area contributed by atoms with Gasteiger partial charge in [0.2, 0.25) is 0 Å². The largest absolute Gasteiger partial charge is 0.450 e. The summed E-state index contributed by atoms with van der Waals surface area (Å²) in [5.41, 5.74) is 0. The summed E-state index contributed by atoms with van der Waals surface area (Å²) >= 11 is 4.54. The summed E-state index contributed by atoms with van der Waals surface area (Å²) in [5, 5.41) is 2.36. The first-order valence-corrected chi connectivity index (χ1v) is 5.17. The number of nitrogens with zero attached hydrogens (tertiary/aromatic N) is 2. The molecule has 4 nitrogen and oxygen atoms in total. The fourth-order valence-corrected chi connectivity index (χ4v) is 1.66. The number of hydrogen-bond donors (Lipinski definition) is 0. The van der Waals surface area contributed by atoms with E-state index in [4.69, 9.17) is 4.74 Å². The SMILES string of the molecule is CCOC(=O)N1CCC[C@H](N=C=S)C1. The third-order valence-electron chi connectivity index (χ3n) is 2.16. The van der Waals surface area contributed by atoms with Gasteiger partial charge < -0.3 is 9.64 Å². The molecule has 1 heterocycles. The fraction of sp³-hybridized carbons (Fsp3) is 0.778. The second kappa shape index (κ2) is 5.73. The maximum atomic E-state index is 11.4. The van der Waals surface area contributed by atoms with Crippen LogP contribution >= 0.6 is 12.2 Å². The van der Waals surface area contributed by atoms with Crippen LogP contribution in [0, 0.1) is 0 Å². The average Bonchev–Trinajstić information content (AvgIpc) is 2.19. The molecule has 0 aromatic carbocycles. The van der Waals surface area contributed by atoms with Crippen molar-refractivity contribution in [1.82, 2.24) is 4.90 Å². The van der Waals surface area contributed by atoms with Gasteiger partial charge in [-0.05, 0) is 32.0 Å². The Kier molecular flexibility index (Phi) is 4.56. The van der Waals surface area contributed by atoms with Crippen LogP contribution in [0.1, 0.15) is 19.8 Å². The molecular weight excluding hydrogens is 200 g/mol. The van der Waals surface area contributed by atoms with Crippen LogP contribution in [0.5, 0.6) is 0 Å². The summed E-state index contributed by atoms with van der Waals surface area (Å²) in [6.07, 6.45) is 1.67. The minimum atomic E-state index is -0.253. The number of rotatable bonds is 2. The first-order chi connectivity index (χ1) is 6.77. The summed E-state index contributed by atoms with van der Waals surface area (Å²) in [7, 11) is 0. The average molecular weight is 214 g/mol. The van der Waals surface area contributed by atoms with Gasteiger partial charge in [0.15, 0.2) is 0 Å². The van der Waals surface area contributed by atoms with Crippen molar-refractivity contribution in [2.45, 2.75) is 25.8 Å². The van der Waals surface area contributed by atoms with Crippen molar-refractivity contribution >= 4 is 23.5 Å². The number of carbonyl (C=O) groups excluding carboxylic acids is 1. The van der Waals surface area contributed by atoms with Gasteiger partial charge in [-0.2, -0.15) is 0 Å². The van der Waals surface area contributed by atoms with Crippen LogP contribution in [0.4, 0.5) is 4.79 Å². The summed E-state index contributed by atoms with van der Waals surface area (Å²) < 4.78 is 4.91. The topological polar surface area (TPSA) is 41.9 Å². The molecule has 1 rings (SSSR count). The number of ether oxygens (including phenoxy) is 1. The Balaban J connectivity index is 2.46. The van der Waals surface area contributed by atoms with Gasteiger partial charge in [0, 0.05) is 13.1 Å². The van der Waals surface area contributed by atoms with E-state index in [0.717, 1.165) is 19.4 Å².